The lowest BCUT2D eigenvalue weighted by molar-refractivity contribution is -0.134. The molecule has 2 aromatic carbocycles. The molecule has 1 saturated heterocycles. The van der Waals surface area contributed by atoms with Crippen molar-refractivity contribution < 1.29 is 9.59 Å². The molecule has 0 aliphatic carbocycles. The Morgan fingerprint density at radius 1 is 0.963 bits per heavy atom. The second-order valence-corrected chi connectivity index (χ2v) is 7.01. The minimum atomic E-state index is -0.570. The van der Waals surface area contributed by atoms with Crippen LogP contribution in [0.25, 0.3) is 0 Å². The first-order chi connectivity index (χ1) is 13.2. The maximum atomic E-state index is 13.1. The molecule has 1 aliphatic rings. The van der Waals surface area contributed by atoms with Crippen LogP contribution in [0.1, 0.15) is 40.7 Å². The van der Waals surface area contributed by atoms with Crippen LogP contribution in [0.15, 0.2) is 54.6 Å². The van der Waals surface area contributed by atoms with Gasteiger partial charge in [-0.2, -0.15) is 0 Å². The molecule has 3 N–H and O–H groups in total. The van der Waals surface area contributed by atoms with Crippen LogP contribution in [0.4, 0.5) is 0 Å². The molecule has 0 aromatic heterocycles. The highest BCUT2D eigenvalue weighted by atomic mass is 16.2. The Balaban J connectivity index is 1.77. The van der Waals surface area contributed by atoms with Gasteiger partial charge in [0.05, 0.1) is 0 Å². The van der Waals surface area contributed by atoms with Crippen molar-refractivity contribution in [3.05, 3.63) is 71.3 Å². The highest BCUT2D eigenvalue weighted by Gasteiger charge is 2.27. The zero-order chi connectivity index (χ0) is 19.1. The Morgan fingerprint density at radius 3 is 2.37 bits per heavy atom. The summed E-state index contributed by atoms with van der Waals surface area (Å²) < 4.78 is 0. The summed E-state index contributed by atoms with van der Waals surface area (Å²) in [4.78, 5) is 27.7. The number of carbonyl (C=O) groups excluding carboxylic acids is 2. The number of hydrogen-bond donors (Lipinski definition) is 2. The summed E-state index contributed by atoms with van der Waals surface area (Å²) in [6.45, 7) is 1.91. The van der Waals surface area contributed by atoms with E-state index in [1.807, 2.05) is 47.4 Å². The van der Waals surface area contributed by atoms with E-state index in [1.54, 1.807) is 12.1 Å². The molecule has 0 bridgehead atoms. The minimum absolute atomic E-state index is 0.00174. The third-order valence-electron chi connectivity index (χ3n) is 4.98. The van der Waals surface area contributed by atoms with Crippen molar-refractivity contribution in [2.45, 2.75) is 38.3 Å². The Hall–Kier alpha value is -2.66. The molecule has 0 radical (unpaired) electrons. The van der Waals surface area contributed by atoms with E-state index in [-0.39, 0.29) is 11.8 Å². The van der Waals surface area contributed by atoms with Crippen molar-refractivity contribution in [3.63, 3.8) is 0 Å². The van der Waals surface area contributed by atoms with Crippen LogP contribution in [-0.2, 0) is 17.8 Å². The molecule has 27 heavy (non-hydrogen) atoms. The average Bonchev–Trinajstić information content (AvgIpc) is 2.74. The average molecular weight is 365 g/mol. The molecule has 3 rings (SSSR count). The first kappa shape index (κ1) is 19.1. The van der Waals surface area contributed by atoms with Gasteiger partial charge in [-0.25, -0.2) is 0 Å². The molecule has 142 valence electrons. The van der Waals surface area contributed by atoms with Crippen molar-refractivity contribution in [3.8, 4) is 0 Å². The van der Waals surface area contributed by atoms with Gasteiger partial charge in [-0.05, 0) is 42.5 Å². The van der Waals surface area contributed by atoms with Crippen LogP contribution in [0.5, 0.6) is 0 Å². The van der Waals surface area contributed by atoms with Gasteiger partial charge in [0.15, 0.2) is 0 Å². The van der Waals surface area contributed by atoms with Crippen molar-refractivity contribution in [2.75, 3.05) is 13.1 Å². The third kappa shape index (κ3) is 5.17. The summed E-state index contributed by atoms with van der Waals surface area (Å²) in [7, 11) is 0. The van der Waals surface area contributed by atoms with E-state index in [9.17, 15) is 9.59 Å². The van der Waals surface area contributed by atoms with Crippen LogP contribution < -0.4 is 11.1 Å². The van der Waals surface area contributed by atoms with E-state index in [2.05, 4.69) is 5.32 Å². The normalized spacial score (nSPS) is 15.2. The summed E-state index contributed by atoms with van der Waals surface area (Å²) >= 11 is 0. The molecule has 2 amide bonds. The van der Waals surface area contributed by atoms with Gasteiger partial charge in [0.2, 0.25) is 5.91 Å². The van der Waals surface area contributed by atoms with Crippen molar-refractivity contribution >= 4 is 11.8 Å². The maximum absolute atomic E-state index is 13.1. The lowest BCUT2D eigenvalue weighted by Gasteiger charge is -2.31. The molecular formula is C22H27N3O2. The lowest BCUT2D eigenvalue weighted by atomic mass is 10.0. The molecule has 1 fully saturated rings. The van der Waals surface area contributed by atoms with Crippen LogP contribution in [-0.4, -0.2) is 35.8 Å². The lowest BCUT2D eigenvalue weighted by Crippen LogP contribution is -2.51. The summed E-state index contributed by atoms with van der Waals surface area (Å²) in [5, 5.41) is 2.96. The number of carbonyl (C=O) groups is 2. The van der Waals surface area contributed by atoms with E-state index in [0.717, 1.165) is 43.5 Å². The van der Waals surface area contributed by atoms with Gasteiger partial charge in [-0.3, -0.25) is 9.59 Å². The number of nitrogens with two attached hydrogens (primary N) is 1. The van der Waals surface area contributed by atoms with E-state index >= 15 is 0 Å². The molecule has 1 unspecified atom stereocenters. The number of piperidine rings is 1. The van der Waals surface area contributed by atoms with Gasteiger partial charge >= 0.3 is 0 Å². The second-order valence-electron chi connectivity index (χ2n) is 7.01. The van der Waals surface area contributed by atoms with E-state index < -0.39 is 6.04 Å². The molecule has 0 saturated carbocycles. The van der Waals surface area contributed by atoms with Crippen LogP contribution >= 0.6 is 0 Å². The maximum Gasteiger partial charge on any atom is 0.251 e. The number of benzene rings is 2. The first-order valence-electron chi connectivity index (χ1n) is 9.60. The van der Waals surface area contributed by atoms with Crippen LogP contribution in [0.2, 0.25) is 0 Å². The minimum Gasteiger partial charge on any atom is -0.341 e. The van der Waals surface area contributed by atoms with Crippen LogP contribution in [0, 0.1) is 0 Å². The fraction of sp³-hybridized carbons (Fsp3) is 0.364. The van der Waals surface area contributed by atoms with E-state index in [4.69, 9.17) is 5.73 Å². The van der Waals surface area contributed by atoms with Crippen LogP contribution in [0.3, 0.4) is 0 Å². The smallest absolute Gasteiger partial charge is 0.251 e. The molecule has 2 aromatic rings. The van der Waals surface area contributed by atoms with Gasteiger partial charge < -0.3 is 16.0 Å². The monoisotopic (exact) mass is 365 g/mol. The summed E-state index contributed by atoms with van der Waals surface area (Å²) in [5.41, 5.74) is 8.13. The Kier molecular flexibility index (Phi) is 6.60. The molecule has 5 nitrogen and oxygen atoms in total. The fourth-order valence-electron chi connectivity index (χ4n) is 3.47. The van der Waals surface area contributed by atoms with Gasteiger partial charge in [-0.1, -0.05) is 42.5 Å². The number of amides is 2. The molecular weight excluding hydrogens is 338 g/mol. The highest BCUT2D eigenvalue weighted by molar-refractivity contribution is 5.97. The Bertz CT molecular complexity index is 770. The number of hydrogen-bond acceptors (Lipinski definition) is 3. The van der Waals surface area contributed by atoms with Crippen molar-refractivity contribution in [1.82, 2.24) is 10.2 Å². The first-order valence-corrected chi connectivity index (χ1v) is 9.60. The molecule has 1 heterocycles. The topological polar surface area (TPSA) is 75.4 Å². The summed E-state index contributed by atoms with van der Waals surface area (Å²) in [5.74, 6) is -0.238. The van der Waals surface area contributed by atoms with Gasteiger partial charge in [0.25, 0.3) is 5.91 Å². The number of likely N-dealkylation sites (tertiary alicyclic amines) is 1. The molecule has 1 atom stereocenters. The van der Waals surface area contributed by atoms with Crippen molar-refractivity contribution in [1.29, 1.82) is 0 Å². The molecule has 0 spiro atoms. The standard InChI is InChI=1S/C22H27N3O2/c23-16-18-10-7-11-19(14-18)21(26)24-20(15-17-8-3-1-4-9-17)22(27)25-12-5-2-6-13-25/h1,3-4,7-11,14,20H,2,5-6,12-13,15-16,23H2,(H,24,26). The van der Waals surface area contributed by atoms with E-state index in [1.165, 1.54) is 0 Å². The van der Waals surface area contributed by atoms with Gasteiger partial charge in [-0.15, -0.1) is 0 Å². The third-order valence-corrected chi connectivity index (χ3v) is 4.98. The quantitative estimate of drug-likeness (QED) is 0.826. The predicted octanol–water partition coefficient (Wildman–Crippen LogP) is 2.50. The Labute approximate surface area is 160 Å². The number of nitrogens with one attached hydrogen (secondary N) is 1. The summed E-state index contributed by atoms with van der Waals surface area (Å²) in [6.07, 6.45) is 3.69. The fourth-order valence-corrected chi connectivity index (χ4v) is 3.47. The summed E-state index contributed by atoms with van der Waals surface area (Å²) in [6, 6.07) is 16.5. The zero-order valence-corrected chi connectivity index (χ0v) is 15.6. The number of nitrogens with zero attached hydrogens (tertiary/aromatic N) is 1. The number of rotatable bonds is 6. The largest absolute Gasteiger partial charge is 0.341 e. The molecule has 5 heteroatoms. The highest BCUT2D eigenvalue weighted by Crippen LogP contribution is 2.13. The van der Waals surface area contributed by atoms with E-state index in [0.29, 0.717) is 18.5 Å². The zero-order valence-electron chi connectivity index (χ0n) is 15.6. The second kappa shape index (κ2) is 9.33. The molecule has 1 aliphatic heterocycles. The van der Waals surface area contributed by atoms with Gasteiger partial charge in [0, 0.05) is 31.6 Å². The Morgan fingerprint density at radius 2 is 1.67 bits per heavy atom. The predicted molar refractivity (Wildman–Crippen MR) is 106 cm³/mol. The SMILES string of the molecule is NCc1cccc(C(=O)NC(Cc2ccccc2)C(=O)N2CCCCC2)c1. The van der Waals surface area contributed by atoms with Gasteiger partial charge in [0.1, 0.15) is 6.04 Å². The van der Waals surface area contributed by atoms with Crippen molar-refractivity contribution in [2.24, 2.45) is 5.73 Å².